The zero-order valence-corrected chi connectivity index (χ0v) is 14.6. The number of rotatable bonds is 8. The van der Waals surface area contributed by atoms with Crippen molar-refractivity contribution in [2.45, 2.75) is 46.0 Å². The van der Waals surface area contributed by atoms with E-state index in [0.717, 1.165) is 29.8 Å². The standard InChI is InChI=1S/C19H23NO2S/c1-3-5-7-9-18(21)22-16-12-10-15(11-13-16)19-20-14-17(23-19)8-6-4-2/h7,9-14H,3-6,8H2,1-2H3/b9-7+. The van der Waals surface area contributed by atoms with Crippen LogP contribution in [0.5, 0.6) is 5.75 Å². The van der Waals surface area contributed by atoms with E-state index in [2.05, 4.69) is 18.8 Å². The van der Waals surface area contributed by atoms with Gasteiger partial charge in [0.05, 0.1) is 0 Å². The lowest BCUT2D eigenvalue weighted by atomic mass is 10.2. The number of benzene rings is 1. The highest BCUT2D eigenvalue weighted by molar-refractivity contribution is 7.15. The first-order chi connectivity index (χ1) is 11.2. The third kappa shape index (κ3) is 5.64. The molecule has 3 nitrogen and oxygen atoms in total. The molecule has 1 aromatic carbocycles. The van der Waals surface area contributed by atoms with E-state index in [4.69, 9.17) is 4.74 Å². The summed E-state index contributed by atoms with van der Waals surface area (Å²) in [5, 5.41) is 1.01. The lowest BCUT2D eigenvalue weighted by molar-refractivity contribution is -0.129. The molecule has 0 aliphatic carbocycles. The minimum Gasteiger partial charge on any atom is -0.423 e. The van der Waals surface area contributed by atoms with Gasteiger partial charge in [-0.25, -0.2) is 9.78 Å². The number of hydrogen-bond donors (Lipinski definition) is 0. The van der Waals surface area contributed by atoms with Crippen LogP contribution in [0.4, 0.5) is 0 Å². The molecule has 0 spiro atoms. The fourth-order valence-electron chi connectivity index (χ4n) is 2.07. The predicted octanol–water partition coefficient (Wildman–Crippen LogP) is 5.41. The number of aryl methyl sites for hydroxylation is 1. The van der Waals surface area contributed by atoms with Crippen LogP contribution in [-0.2, 0) is 11.2 Å². The summed E-state index contributed by atoms with van der Waals surface area (Å²) in [5.41, 5.74) is 1.05. The van der Waals surface area contributed by atoms with Crippen LogP contribution in [0.15, 0.2) is 42.6 Å². The number of aromatic nitrogens is 1. The first kappa shape index (κ1) is 17.4. The van der Waals surface area contributed by atoms with Gasteiger partial charge in [-0.1, -0.05) is 32.8 Å². The van der Waals surface area contributed by atoms with Gasteiger partial charge in [-0.15, -0.1) is 11.3 Å². The fraction of sp³-hybridized carbons (Fsp3) is 0.368. The average Bonchev–Trinajstić information content (AvgIpc) is 3.03. The smallest absolute Gasteiger partial charge is 0.335 e. The van der Waals surface area contributed by atoms with Crippen LogP contribution < -0.4 is 4.74 Å². The lowest BCUT2D eigenvalue weighted by Crippen LogP contribution is -2.03. The van der Waals surface area contributed by atoms with Crippen LogP contribution in [0.1, 0.15) is 44.4 Å². The number of esters is 1. The van der Waals surface area contributed by atoms with Crippen molar-refractivity contribution in [3.05, 3.63) is 47.5 Å². The topological polar surface area (TPSA) is 39.2 Å². The summed E-state index contributed by atoms with van der Waals surface area (Å²) in [4.78, 5) is 17.4. The molecule has 0 bridgehead atoms. The summed E-state index contributed by atoms with van der Waals surface area (Å²) in [5.74, 6) is 0.227. The summed E-state index contributed by atoms with van der Waals surface area (Å²) in [6.07, 6.45) is 10.7. The largest absolute Gasteiger partial charge is 0.423 e. The maximum Gasteiger partial charge on any atom is 0.335 e. The Bertz CT molecular complexity index is 644. The van der Waals surface area contributed by atoms with Gasteiger partial charge in [0.15, 0.2) is 0 Å². The molecule has 0 fully saturated rings. The highest BCUT2D eigenvalue weighted by Gasteiger charge is 2.06. The van der Waals surface area contributed by atoms with E-state index in [1.807, 2.05) is 36.5 Å². The average molecular weight is 329 g/mol. The molecule has 0 unspecified atom stereocenters. The van der Waals surface area contributed by atoms with Crippen LogP contribution in [0.25, 0.3) is 10.6 Å². The van der Waals surface area contributed by atoms with Gasteiger partial charge in [0, 0.05) is 22.7 Å². The second-order valence-corrected chi connectivity index (χ2v) is 6.49. The van der Waals surface area contributed by atoms with Gasteiger partial charge in [-0.05, 0) is 43.5 Å². The van der Waals surface area contributed by atoms with Crippen LogP contribution in [0.3, 0.4) is 0 Å². The zero-order chi connectivity index (χ0) is 16.5. The Balaban J connectivity index is 1.96. The van der Waals surface area contributed by atoms with Crippen molar-refractivity contribution < 1.29 is 9.53 Å². The molecule has 1 aromatic heterocycles. The van der Waals surface area contributed by atoms with E-state index in [9.17, 15) is 4.79 Å². The van der Waals surface area contributed by atoms with E-state index in [1.54, 1.807) is 11.3 Å². The molecule has 0 saturated heterocycles. The Hall–Kier alpha value is -1.94. The monoisotopic (exact) mass is 329 g/mol. The van der Waals surface area contributed by atoms with Crippen LogP contribution in [-0.4, -0.2) is 11.0 Å². The van der Waals surface area contributed by atoms with Crippen molar-refractivity contribution >= 4 is 17.3 Å². The summed E-state index contributed by atoms with van der Waals surface area (Å²) >= 11 is 1.73. The molecule has 0 saturated carbocycles. The number of carbonyl (C=O) groups is 1. The Morgan fingerprint density at radius 3 is 2.70 bits per heavy atom. The van der Waals surface area contributed by atoms with Gasteiger partial charge in [0.25, 0.3) is 0 Å². The molecule has 122 valence electrons. The van der Waals surface area contributed by atoms with Crippen molar-refractivity contribution in [2.24, 2.45) is 0 Å². The number of hydrogen-bond acceptors (Lipinski definition) is 4. The van der Waals surface area contributed by atoms with Crippen molar-refractivity contribution in [3.8, 4) is 16.3 Å². The molecule has 2 rings (SSSR count). The molecular formula is C19H23NO2S. The molecule has 2 aromatic rings. The summed E-state index contributed by atoms with van der Waals surface area (Å²) in [6, 6.07) is 7.52. The molecular weight excluding hydrogens is 306 g/mol. The zero-order valence-electron chi connectivity index (χ0n) is 13.7. The van der Waals surface area contributed by atoms with E-state index < -0.39 is 0 Å². The Morgan fingerprint density at radius 1 is 1.22 bits per heavy atom. The van der Waals surface area contributed by atoms with Crippen LogP contribution in [0, 0.1) is 0 Å². The molecule has 0 aliphatic rings. The maximum absolute atomic E-state index is 11.6. The van der Waals surface area contributed by atoms with Gasteiger partial charge < -0.3 is 4.74 Å². The minimum absolute atomic E-state index is 0.331. The molecule has 4 heteroatoms. The van der Waals surface area contributed by atoms with E-state index >= 15 is 0 Å². The van der Waals surface area contributed by atoms with Crippen LogP contribution in [0.2, 0.25) is 0 Å². The van der Waals surface area contributed by atoms with Gasteiger partial charge >= 0.3 is 5.97 Å². The van der Waals surface area contributed by atoms with E-state index in [-0.39, 0.29) is 5.97 Å². The molecule has 0 N–H and O–H groups in total. The second kappa shape index (κ2) is 9.26. The van der Waals surface area contributed by atoms with Gasteiger partial charge in [-0.2, -0.15) is 0 Å². The van der Waals surface area contributed by atoms with E-state index in [0.29, 0.717) is 5.75 Å². The first-order valence-corrected chi connectivity index (χ1v) is 8.98. The highest BCUT2D eigenvalue weighted by atomic mass is 32.1. The maximum atomic E-state index is 11.6. The summed E-state index contributed by atoms with van der Waals surface area (Å²) in [7, 11) is 0. The minimum atomic E-state index is -0.331. The number of carbonyl (C=O) groups excluding carboxylic acids is 1. The van der Waals surface area contributed by atoms with E-state index in [1.165, 1.54) is 23.8 Å². The molecule has 0 aliphatic heterocycles. The third-order valence-corrected chi connectivity index (χ3v) is 4.47. The normalized spacial score (nSPS) is 11.0. The molecule has 0 atom stereocenters. The fourth-order valence-corrected chi connectivity index (χ4v) is 3.03. The summed E-state index contributed by atoms with van der Waals surface area (Å²) in [6.45, 7) is 4.26. The van der Waals surface area contributed by atoms with Gasteiger partial charge in [0.2, 0.25) is 0 Å². The summed E-state index contributed by atoms with van der Waals surface area (Å²) < 4.78 is 5.27. The Kier molecular flexibility index (Phi) is 7.01. The Morgan fingerprint density at radius 2 is 2.00 bits per heavy atom. The predicted molar refractivity (Wildman–Crippen MR) is 95.8 cm³/mol. The molecule has 23 heavy (non-hydrogen) atoms. The van der Waals surface area contributed by atoms with Gasteiger partial charge in [0.1, 0.15) is 10.8 Å². The van der Waals surface area contributed by atoms with Crippen molar-refractivity contribution in [2.75, 3.05) is 0 Å². The third-order valence-electron chi connectivity index (χ3n) is 3.36. The molecule has 0 radical (unpaired) electrons. The van der Waals surface area contributed by atoms with Crippen LogP contribution >= 0.6 is 11.3 Å². The Labute approximate surface area is 142 Å². The SMILES string of the molecule is CCC/C=C/C(=O)Oc1ccc(-c2ncc(CCCC)s2)cc1. The number of thiazole rings is 1. The van der Waals surface area contributed by atoms with Gasteiger partial charge in [-0.3, -0.25) is 0 Å². The number of ether oxygens (including phenoxy) is 1. The quantitative estimate of drug-likeness (QED) is 0.369. The number of unbranched alkanes of at least 4 members (excludes halogenated alkanes) is 2. The lowest BCUT2D eigenvalue weighted by Gasteiger charge is -2.02. The number of nitrogens with zero attached hydrogens (tertiary/aromatic N) is 1. The van der Waals surface area contributed by atoms with Crippen molar-refractivity contribution in [3.63, 3.8) is 0 Å². The second-order valence-electron chi connectivity index (χ2n) is 5.37. The van der Waals surface area contributed by atoms with Crippen molar-refractivity contribution in [1.82, 2.24) is 4.98 Å². The molecule has 0 amide bonds. The molecule has 1 heterocycles. The highest BCUT2D eigenvalue weighted by Crippen LogP contribution is 2.27. The number of allylic oxidation sites excluding steroid dienone is 1. The van der Waals surface area contributed by atoms with Crippen molar-refractivity contribution in [1.29, 1.82) is 0 Å². The first-order valence-electron chi connectivity index (χ1n) is 8.16.